The summed E-state index contributed by atoms with van der Waals surface area (Å²) in [6.07, 6.45) is 1.79. The lowest BCUT2D eigenvalue weighted by atomic mass is 10.0. The van der Waals surface area contributed by atoms with Crippen molar-refractivity contribution in [3.8, 4) is 0 Å². The molecule has 146 valence electrons. The third-order valence-corrected chi connectivity index (χ3v) is 5.86. The zero-order valence-electron chi connectivity index (χ0n) is 16.8. The van der Waals surface area contributed by atoms with Crippen molar-refractivity contribution < 1.29 is 4.79 Å². The highest BCUT2D eigenvalue weighted by Crippen LogP contribution is 2.41. The van der Waals surface area contributed by atoms with Gasteiger partial charge in [0.1, 0.15) is 0 Å². The van der Waals surface area contributed by atoms with Crippen LogP contribution in [-0.4, -0.2) is 23.1 Å². The van der Waals surface area contributed by atoms with Gasteiger partial charge in [0.15, 0.2) is 0 Å². The molecule has 0 atom stereocenters. The maximum absolute atomic E-state index is 12.6. The van der Waals surface area contributed by atoms with E-state index in [0.29, 0.717) is 18.0 Å². The lowest BCUT2D eigenvalue weighted by molar-refractivity contribution is 0.0949. The Kier molecular flexibility index (Phi) is 5.49. The molecule has 4 rings (SSSR count). The zero-order valence-corrected chi connectivity index (χ0v) is 17.6. The Morgan fingerprint density at radius 3 is 2.69 bits per heavy atom. The van der Waals surface area contributed by atoms with Crippen molar-refractivity contribution in [1.82, 2.24) is 10.3 Å². The number of amides is 1. The molecule has 1 aliphatic heterocycles. The molecule has 1 aromatic heterocycles. The minimum atomic E-state index is -0.0703. The summed E-state index contributed by atoms with van der Waals surface area (Å²) in [5.41, 5.74) is 5.25. The van der Waals surface area contributed by atoms with E-state index < -0.39 is 0 Å². The number of nitrogens with one attached hydrogen (secondary N) is 1. The average molecular weight is 402 g/mol. The van der Waals surface area contributed by atoms with Crippen LogP contribution < -0.4 is 5.32 Å². The summed E-state index contributed by atoms with van der Waals surface area (Å²) in [6.45, 7) is 6.85. The van der Waals surface area contributed by atoms with E-state index in [-0.39, 0.29) is 5.91 Å². The van der Waals surface area contributed by atoms with E-state index in [2.05, 4.69) is 36.3 Å². The molecule has 1 N–H and O–H groups in total. The average Bonchev–Trinajstić information content (AvgIpc) is 2.88. The molecule has 5 heteroatoms. The zero-order chi connectivity index (χ0) is 20.4. The molecule has 2 aromatic carbocycles. The van der Waals surface area contributed by atoms with E-state index in [1.807, 2.05) is 49.4 Å². The summed E-state index contributed by atoms with van der Waals surface area (Å²) in [6, 6.07) is 18.0. The summed E-state index contributed by atoms with van der Waals surface area (Å²) >= 11 is 1.67. The molecule has 1 amide bonds. The van der Waals surface area contributed by atoms with Gasteiger partial charge in [0.2, 0.25) is 0 Å². The van der Waals surface area contributed by atoms with Gasteiger partial charge in [-0.05, 0) is 48.7 Å². The van der Waals surface area contributed by atoms with Gasteiger partial charge in [-0.25, -0.2) is 4.99 Å². The third kappa shape index (κ3) is 4.10. The Morgan fingerprint density at radius 1 is 1.07 bits per heavy atom. The molecule has 3 aromatic rings. The Labute approximate surface area is 175 Å². The van der Waals surface area contributed by atoms with Crippen LogP contribution in [0.1, 0.15) is 41.0 Å². The second-order valence-electron chi connectivity index (χ2n) is 7.51. The highest BCUT2D eigenvalue weighted by molar-refractivity contribution is 7.99. The normalized spacial score (nSPS) is 12.6. The SMILES string of the molecule is Cc1cccnc1C1=Nc2cc(C(=O)NCC(C)C)ccc2Sc2ccccc21. The van der Waals surface area contributed by atoms with Gasteiger partial charge >= 0.3 is 0 Å². The molecule has 0 fully saturated rings. The Morgan fingerprint density at radius 2 is 1.90 bits per heavy atom. The van der Waals surface area contributed by atoms with E-state index in [1.54, 1.807) is 18.0 Å². The van der Waals surface area contributed by atoms with Crippen LogP contribution in [0.25, 0.3) is 0 Å². The predicted octanol–water partition coefficient (Wildman–Crippen LogP) is 5.41. The van der Waals surface area contributed by atoms with Gasteiger partial charge in [-0.2, -0.15) is 0 Å². The first-order chi connectivity index (χ1) is 14.0. The molecular formula is C24H23N3OS. The van der Waals surface area contributed by atoms with Gasteiger partial charge < -0.3 is 5.32 Å². The minimum Gasteiger partial charge on any atom is -0.352 e. The molecule has 0 saturated carbocycles. The van der Waals surface area contributed by atoms with Crippen molar-refractivity contribution in [2.75, 3.05) is 6.54 Å². The topological polar surface area (TPSA) is 54.4 Å². The number of fused-ring (bicyclic) bond motifs is 2. The summed E-state index contributed by atoms with van der Waals surface area (Å²) in [7, 11) is 0. The number of aliphatic imine (C=N–C) groups is 1. The second-order valence-corrected chi connectivity index (χ2v) is 8.60. The van der Waals surface area contributed by atoms with Crippen molar-refractivity contribution >= 4 is 29.1 Å². The maximum Gasteiger partial charge on any atom is 0.251 e. The smallest absolute Gasteiger partial charge is 0.251 e. The van der Waals surface area contributed by atoms with Crippen LogP contribution in [0, 0.1) is 12.8 Å². The van der Waals surface area contributed by atoms with Crippen LogP contribution in [0.3, 0.4) is 0 Å². The second kappa shape index (κ2) is 8.21. The van der Waals surface area contributed by atoms with Gasteiger partial charge in [-0.15, -0.1) is 0 Å². The molecule has 1 aliphatic rings. The number of nitrogens with zero attached hydrogens (tertiary/aromatic N) is 2. The van der Waals surface area contributed by atoms with Crippen molar-refractivity contribution in [1.29, 1.82) is 0 Å². The van der Waals surface area contributed by atoms with Crippen LogP contribution >= 0.6 is 11.8 Å². The van der Waals surface area contributed by atoms with Gasteiger partial charge in [-0.3, -0.25) is 9.78 Å². The number of carbonyl (C=O) groups is 1. The molecule has 0 spiro atoms. The van der Waals surface area contributed by atoms with Crippen LogP contribution in [-0.2, 0) is 0 Å². The quantitative estimate of drug-likeness (QED) is 0.497. The third-order valence-electron chi connectivity index (χ3n) is 4.72. The summed E-state index contributed by atoms with van der Waals surface area (Å²) in [5.74, 6) is 0.334. The molecule has 0 aliphatic carbocycles. The number of hydrogen-bond acceptors (Lipinski definition) is 4. The van der Waals surface area contributed by atoms with Gasteiger partial charge in [0.05, 0.1) is 17.1 Å². The van der Waals surface area contributed by atoms with E-state index in [0.717, 1.165) is 38.0 Å². The summed E-state index contributed by atoms with van der Waals surface area (Å²) in [5, 5.41) is 2.98. The number of pyridine rings is 1. The molecule has 4 nitrogen and oxygen atoms in total. The van der Waals surface area contributed by atoms with E-state index in [1.165, 1.54) is 0 Å². The standard InChI is InChI=1S/C24H23N3OS/c1-15(2)14-26-24(28)17-10-11-21-19(13-17)27-23(22-16(3)7-6-12-25-22)18-8-4-5-9-20(18)29-21/h4-13,15H,14H2,1-3H3,(H,26,28). The fraction of sp³-hybridized carbons (Fsp3) is 0.208. The molecule has 0 saturated heterocycles. The van der Waals surface area contributed by atoms with Crippen molar-refractivity contribution in [3.05, 3.63) is 83.2 Å². The van der Waals surface area contributed by atoms with Crippen molar-refractivity contribution in [3.63, 3.8) is 0 Å². The molecule has 29 heavy (non-hydrogen) atoms. The first-order valence-electron chi connectivity index (χ1n) is 9.73. The fourth-order valence-electron chi connectivity index (χ4n) is 3.20. The van der Waals surface area contributed by atoms with Gasteiger partial charge in [0.25, 0.3) is 5.91 Å². The van der Waals surface area contributed by atoms with E-state index in [9.17, 15) is 4.79 Å². The number of hydrogen-bond donors (Lipinski definition) is 1. The van der Waals surface area contributed by atoms with Gasteiger partial charge in [0, 0.05) is 33.7 Å². The largest absolute Gasteiger partial charge is 0.352 e. The van der Waals surface area contributed by atoms with Crippen LogP contribution in [0.4, 0.5) is 5.69 Å². The highest BCUT2D eigenvalue weighted by Gasteiger charge is 2.21. The van der Waals surface area contributed by atoms with Crippen molar-refractivity contribution in [2.45, 2.75) is 30.6 Å². The number of carbonyl (C=O) groups excluding carboxylic acids is 1. The monoisotopic (exact) mass is 401 g/mol. The number of aryl methyl sites for hydroxylation is 1. The number of benzene rings is 2. The Bertz CT molecular complexity index is 1100. The molecule has 0 unspecified atom stereocenters. The first kappa shape index (κ1) is 19.4. The molecular weight excluding hydrogens is 378 g/mol. The van der Waals surface area contributed by atoms with Crippen LogP contribution in [0.2, 0.25) is 0 Å². The van der Waals surface area contributed by atoms with Crippen LogP contribution in [0.15, 0.2) is 75.6 Å². The number of rotatable bonds is 4. The Balaban J connectivity index is 1.83. The van der Waals surface area contributed by atoms with Crippen LogP contribution in [0.5, 0.6) is 0 Å². The van der Waals surface area contributed by atoms with E-state index >= 15 is 0 Å². The fourth-order valence-corrected chi connectivity index (χ4v) is 4.20. The minimum absolute atomic E-state index is 0.0703. The van der Waals surface area contributed by atoms with Crippen molar-refractivity contribution in [2.24, 2.45) is 10.9 Å². The lowest BCUT2D eigenvalue weighted by Crippen LogP contribution is -2.27. The lowest BCUT2D eigenvalue weighted by Gasteiger charge is -2.10. The number of aromatic nitrogens is 1. The molecule has 2 heterocycles. The summed E-state index contributed by atoms with van der Waals surface area (Å²) in [4.78, 5) is 24.3. The molecule has 0 bridgehead atoms. The predicted molar refractivity (Wildman–Crippen MR) is 118 cm³/mol. The molecule has 0 radical (unpaired) electrons. The van der Waals surface area contributed by atoms with E-state index in [4.69, 9.17) is 4.99 Å². The first-order valence-corrected chi connectivity index (χ1v) is 10.5. The van der Waals surface area contributed by atoms with Gasteiger partial charge in [-0.1, -0.05) is 49.9 Å². The highest BCUT2D eigenvalue weighted by atomic mass is 32.2. The summed E-state index contributed by atoms with van der Waals surface area (Å²) < 4.78 is 0. The Hall–Kier alpha value is -2.92. The maximum atomic E-state index is 12.6.